The number of allylic oxidation sites excluding steroid dienone is 2. The Morgan fingerprint density at radius 3 is 2.80 bits per heavy atom. The van der Waals surface area contributed by atoms with Gasteiger partial charge in [-0.2, -0.15) is 0 Å². The molecule has 0 radical (unpaired) electrons. The molecule has 0 spiro atoms. The van der Waals surface area contributed by atoms with Gasteiger partial charge in [0.05, 0.1) is 23.2 Å². The average Bonchev–Trinajstić information content (AvgIpc) is 2.77. The third-order valence-corrected chi connectivity index (χ3v) is 3.86. The van der Waals surface area contributed by atoms with E-state index in [0.717, 1.165) is 36.1 Å². The first kappa shape index (κ1) is 13.4. The van der Waals surface area contributed by atoms with Gasteiger partial charge in [0.25, 0.3) is 0 Å². The zero-order chi connectivity index (χ0) is 14.2. The summed E-state index contributed by atoms with van der Waals surface area (Å²) < 4.78 is 2.21. The average molecular weight is 270 g/mol. The van der Waals surface area contributed by atoms with E-state index in [2.05, 4.69) is 28.9 Å². The molecule has 0 aliphatic heterocycles. The van der Waals surface area contributed by atoms with Crippen LogP contribution in [0.15, 0.2) is 36.4 Å². The second-order valence-corrected chi connectivity index (χ2v) is 6.34. The lowest BCUT2D eigenvalue weighted by atomic mass is 9.93. The number of hydrogen-bond acceptors (Lipinski definition) is 2. The second kappa shape index (κ2) is 5.06. The van der Waals surface area contributed by atoms with E-state index in [1.54, 1.807) is 0 Å². The second-order valence-electron chi connectivity index (χ2n) is 6.34. The summed E-state index contributed by atoms with van der Waals surface area (Å²) in [6.45, 7) is 4.29. The zero-order valence-electron chi connectivity index (χ0n) is 12.2. The molecule has 1 atom stereocenters. The molecule has 1 unspecified atom stereocenters. The van der Waals surface area contributed by atoms with E-state index in [0.29, 0.717) is 12.5 Å². The Bertz CT molecular complexity index is 634. The van der Waals surface area contributed by atoms with E-state index in [9.17, 15) is 5.11 Å². The van der Waals surface area contributed by atoms with Gasteiger partial charge in [-0.05, 0) is 45.2 Å². The molecule has 1 N–H and O–H groups in total. The topological polar surface area (TPSA) is 38.0 Å². The first-order chi connectivity index (χ1) is 9.54. The molecule has 20 heavy (non-hydrogen) atoms. The molecule has 0 amide bonds. The van der Waals surface area contributed by atoms with E-state index in [-0.39, 0.29) is 0 Å². The first-order valence-corrected chi connectivity index (χ1v) is 7.37. The van der Waals surface area contributed by atoms with Crippen LogP contribution in [0.25, 0.3) is 11.0 Å². The third kappa shape index (κ3) is 2.63. The van der Waals surface area contributed by atoms with Gasteiger partial charge in [0.1, 0.15) is 5.82 Å². The summed E-state index contributed by atoms with van der Waals surface area (Å²) in [5, 5.41) is 10.2. The van der Waals surface area contributed by atoms with Crippen LogP contribution < -0.4 is 0 Å². The Labute approximate surface area is 120 Å². The molecule has 1 heterocycles. The van der Waals surface area contributed by atoms with E-state index < -0.39 is 5.60 Å². The summed E-state index contributed by atoms with van der Waals surface area (Å²) in [7, 11) is 0. The molecule has 0 saturated heterocycles. The molecule has 106 valence electrons. The predicted molar refractivity (Wildman–Crippen MR) is 81.8 cm³/mol. The van der Waals surface area contributed by atoms with Crippen LogP contribution >= 0.6 is 0 Å². The standard InChI is InChI=1S/C17H22N2O/c1-17(2,20)12-19-15-11-7-6-10-14(15)18-16(19)13-8-4-3-5-9-13/h3-4,6-7,10-11,13,20H,5,8-9,12H2,1-2H3. The number of aromatic nitrogens is 2. The molecular formula is C17H22N2O. The Balaban J connectivity index is 2.09. The number of rotatable bonds is 3. The highest BCUT2D eigenvalue weighted by Gasteiger charge is 2.24. The van der Waals surface area contributed by atoms with Crippen LogP contribution in [0.5, 0.6) is 0 Å². The van der Waals surface area contributed by atoms with Gasteiger partial charge in [-0.25, -0.2) is 4.98 Å². The van der Waals surface area contributed by atoms with Gasteiger partial charge >= 0.3 is 0 Å². The van der Waals surface area contributed by atoms with Crippen LogP contribution in [0.2, 0.25) is 0 Å². The fraction of sp³-hybridized carbons (Fsp3) is 0.471. The first-order valence-electron chi connectivity index (χ1n) is 7.37. The van der Waals surface area contributed by atoms with Gasteiger partial charge in [-0.15, -0.1) is 0 Å². The molecular weight excluding hydrogens is 248 g/mol. The molecule has 1 aromatic carbocycles. The fourth-order valence-corrected chi connectivity index (χ4v) is 2.99. The Hall–Kier alpha value is -1.61. The van der Waals surface area contributed by atoms with Gasteiger partial charge in [0.15, 0.2) is 0 Å². The Kier molecular flexibility index (Phi) is 3.38. The van der Waals surface area contributed by atoms with Crippen LogP contribution in [0.1, 0.15) is 44.9 Å². The summed E-state index contributed by atoms with van der Waals surface area (Å²) >= 11 is 0. The van der Waals surface area contributed by atoms with E-state index in [1.165, 1.54) is 0 Å². The summed E-state index contributed by atoms with van der Waals surface area (Å²) in [5.74, 6) is 1.59. The quantitative estimate of drug-likeness (QED) is 0.865. The van der Waals surface area contributed by atoms with Gasteiger partial charge in [0, 0.05) is 5.92 Å². The number of benzene rings is 1. The van der Waals surface area contributed by atoms with Crippen molar-refractivity contribution in [2.24, 2.45) is 0 Å². The van der Waals surface area contributed by atoms with Crippen molar-refractivity contribution < 1.29 is 5.11 Å². The maximum Gasteiger partial charge on any atom is 0.113 e. The van der Waals surface area contributed by atoms with Crippen LogP contribution in [0.3, 0.4) is 0 Å². The number of fused-ring (bicyclic) bond motifs is 1. The van der Waals surface area contributed by atoms with E-state index in [4.69, 9.17) is 4.98 Å². The number of aliphatic hydroxyl groups is 1. The summed E-state index contributed by atoms with van der Waals surface area (Å²) in [4.78, 5) is 4.84. The number of nitrogens with zero attached hydrogens (tertiary/aromatic N) is 2. The summed E-state index contributed by atoms with van der Waals surface area (Å²) in [6, 6.07) is 8.21. The van der Waals surface area contributed by atoms with Crippen LogP contribution in [-0.4, -0.2) is 20.3 Å². The lowest BCUT2D eigenvalue weighted by molar-refractivity contribution is 0.0614. The van der Waals surface area contributed by atoms with Crippen molar-refractivity contribution in [3.8, 4) is 0 Å². The molecule has 3 nitrogen and oxygen atoms in total. The Morgan fingerprint density at radius 1 is 1.30 bits per heavy atom. The number of para-hydroxylation sites is 2. The largest absolute Gasteiger partial charge is 0.389 e. The van der Waals surface area contributed by atoms with Crippen molar-refractivity contribution in [3.63, 3.8) is 0 Å². The maximum absolute atomic E-state index is 10.2. The molecule has 3 rings (SSSR count). The molecule has 1 aliphatic rings. The van der Waals surface area contributed by atoms with E-state index >= 15 is 0 Å². The highest BCUT2D eigenvalue weighted by Crippen LogP contribution is 2.31. The van der Waals surface area contributed by atoms with Gasteiger partial charge < -0.3 is 9.67 Å². The van der Waals surface area contributed by atoms with Crippen LogP contribution in [0, 0.1) is 0 Å². The molecule has 2 aromatic rings. The van der Waals surface area contributed by atoms with Gasteiger partial charge in [0.2, 0.25) is 0 Å². The zero-order valence-corrected chi connectivity index (χ0v) is 12.2. The van der Waals surface area contributed by atoms with Crippen molar-refractivity contribution in [2.75, 3.05) is 0 Å². The molecule has 0 saturated carbocycles. The smallest absolute Gasteiger partial charge is 0.113 e. The van der Waals surface area contributed by atoms with Gasteiger partial charge in [-0.3, -0.25) is 0 Å². The molecule has 1 aromatic heterocycles. The van der Waals surface area contributed by atoms with Crippen molar-refractivity contribution in [1.29, 1.82) is 0 Å². The molecule has 3 heteroatoms. The SMILES string of the molecule is CC(C)(O)Cn1c(C2CC=CCC2)nc2ccccc21. The maximum atomic E-state index is 10.2. The number of imidazole rings is 1. The summed E-state index contributed by atoms with van der Waals surface area (Å²) in [5.41, 5.74) is 1.42. The normalized spacial score (nSPS) is 19.6. The highest BCUT2D eigenvalue weighted by molar-refractivity contribution is 5.76. The highest BCUT2D eigenvalue weighted by atomic mass is 16.3. The summed E-state index contributed by atoms with van der Waals surface area (Å²) in [6.07, 6.45) is 7.82. The molecule has 1 aliphatic carbocycles. The lowest BCUT2D eigenvalue weighted by Gasteiger charge is -2.24. The van der Waals surface area contributed by atoms with Crippen molar-refractivity contribution in [3.05, 3.63) is 42.2 Å². The lowest BCUT2D eigenvalue weighted by Crippen LogP contribution is -2.27. The predicted octanol–water partition coefficient (Wildman–Crippen LogP) is 3.63. The van der Waals surface area contributed by atoms with Crippen molar-refractivity contribution in [2.45, 2.75) is 51.2 Å². The van der Waals surface area contributed by atoms with Crippen LogP contribution in [-0.2, 0) is 6.54 Å². The molecule has 0 bridgehead atoms. The minimum Gasteiger partial charge on any atom is -0.389 e. The molecule has 0 fully saturated rings. The minimum absolute atomic E-state index is 0.467. The van der Waals surface area contributed by atoms with Crippen LogP contribution in [0.4, 0.5) is 0 Å². The van der Waals surface area contributed by atoms with E-state index in [1.807, 2.05) is 26.0 Å². The van der Waals surface area contributed by atoms with Gasteiger partial charge in [-0.1, -0.05) is 24.3 Å². The van der Waals surface area contributed by atoms with Crippen molar-refractivity contribution >= 4 is 11.0 Å². The Morgan fingerprint density at radius 2 is 2.10 bits per heavy atom. The third-order valence-electron chi connectivity index (χ3n) is 3.86. The minimum atomic E-state index is -0.733. The monoisotopic (exact) mass is 270 g/mol. The fourth-order valence-electron chi connectivity index (χ4n) is 2.99. The van der Waals surface area contributed by atoms with Crippen molar-refractivity contribution in [1.82, 2.24) is 9.55 Å². The number of hydrogen-bond donors (Lipinski definition) is 1.